The first kappa shape index (κ1) is 43.6. The minimum atomic E-state index is -0.847. The van der Waals surface area contributed by atoms with Gasteiger partial charge in [-0.1, -0.05) is 127 Å². The number of benzene rings is 8. The Labute approximate surface area is 381 Å². The van der Waals surface area contributed by atoms with Crippen LogP contribution in [0.1, 0.15) is 22.3 Å². The van der Waals surface area contributed by atoms with Crippen LogP contribution in [0.5, 0.6) is 0 Å². The van der Waals surface area contributed by atoms with E-state index >= 15 is 0 Å². The third-order valence-electron chi connectivity index (χ3n) is 10.3. The van der Waals surface area contributed by atoms with Crippen molar-refractivity contribution < 1.29 is 49.2 Å². The van der Waals surface area contributed by atoms with Crippen LogP contribution in [0.3, 0.4) is 0 Å². The summed E-state index contributed by atoms with van der Waals surface area (Å²) in [5, 5.41) is 8.14. The van der Waals surface area contributed by atoms with Gasteiger partial charge in [-0.2, -0.15) is 0 Å². The molecule has 1 aliphatic carbocycles. The maximum absolute atomic E-state index is 7.12. The van der Waals surface area contributed by atoms with Crippen molar-refractivity contribution in [2.45, 2.75) is 6.42 Å². The van der Waals surface area contributed by atoms with E-state index in [0.29, 0.717) is 0 Å². The van der Waals surface area contributed by atoms with Crippen LogP contribution in [0.25, 0.3) is 33.1 Å². The van der Waals surface area contributed by atoms with Crippen LogP contribution in [-0.2, 0) is 51.2 Å². The average Bonchev–Trinajstić information content (AvgIpc) is 3.86. The molecule has 0 unspecified atom stereocenters. The number of hydrogen-bond acceptors (Lipinski definition) is 1. The fourth-order valence-electron chi connectivity index (χ4n) is 7.50. The van der Waals surface area contributed by atoms with Gasteiger partial charge in [0.05, 0.1) is 0 Å². The fraction of sp³-hybridized carbons (Fsp3) is 0.0370. The number of furan rings is 1. The SMILES string of the molecule is [Au+].[Au+].[C-]#Cc1ccc2c(c1)Cc1ccccc1-2.[C-]#Cc1ccc2oc3ccccc3c2c1.c1ccc([PH+](C[PH+](c2ccccc2)c2ccccc2)c2ccccc2)cc1. The number of para-hydroxylation sites is 1. The van der Waals surface area contributed by atoms with Crippen molar-refractivity contribution in [3.05, 3.63) is 241 Å². The molecule has 0 fully saturated rings. The molecule has 0 spiro atoms. The molecule has 0 radical (unpaired) electrons. The monoisotopic (exact) mass is 1160 g/mol. The van der Waals surface area contributed by atoms with Gasteiger partial charge in [0, 0.05) is 10.8 Å². The van der Waals surface area contributed by atoms with Crippen LogP contribution < -0.4 is 21.2 Å². The van der Waals surface area contributed by atoms with Crippen LogP contribution in [0.4, 0.5) is 0 Å². The van der Waals surface area contributed by atoms with Gasteiger partial charge >= 0.3 is 44.8 Å². The fourth-order valence-corrected chi connectivity index (χ4v) is 15.2. The van der Waals surface area contributed by atoms with Gasteiger partial charge in [0.15, 0.2) is 5.90 Å². The van der Waals surface area contributed by atoms with Gasteiger partial charge in [-0.05, 0) is 83.8 Å². The molecule has 59 heavy (non-hydrogen) atoms. The molecule has 1 nitrogen and oxygen atoms in total. The number of hydrogen-bond donors (Lipinski definition) is 0. The summed E-state index contributed by atoms with van der Waals surface area (Å²) in [6.45, 7) is 0. The third kappa shape index (κ3) is 10.4. The maximum Gasteiger partial charge on any atom is 1.00 e. The Morgan fingerprint density at radius 1 is 0.407 bits per heavy atom. The Hall–Kier alpha value is -4.98. The van der Waals surface area contributed by atoms with E-state index in [4.69, 9.17) is 17.3 Å². The van der Waals surface area contributed by atoms with E-state index in [1.54, 1.807) is 0 Å². The van der Waals surface area contributed by atoms with Crippen molar-refractivity contribution in [1.82, 2.24) is 0 Å². The Kier molecular flexibility index (Phi) is 15.8. The first-order chi connectivity index (χ1) is 28.2. The molecule has 0 bridgehead atoms. The zero-order valence-electron chi connectivity index (χ0n) is 32.1. The Morgan fingerprint density at radius 3 is 1.37 bits per heavy atom. The molecular weight excluding hydrogens is 1120 g/mol. The molecule has 1 aromatic heterocycles. The molecule has 0 amide bonds. The summed E-state index contributed by atoms with van der Waals surface area (Å²) in [5.41, 5.74) is 8.72. The quantitative estimate of drug-likeness (QED) is 0.0700. The number of fused-ring (bicyclic) bond motifs is 6. The summed E-state index contributed by atoms with van der Waals surface area (Å²) in [6, 6.07) is 72.6. The van der Waals surface area contributed by atoms with Gasteiger partial charge in [-0.15, -0.1) is 35.4 Å². The molecule has 1 aliphatic rings. The standard InChI is InChI=1S/C25H22P2.C15H9.C14H7O.2Au/c1-5-13-22(14-6-1)26(23-15-7-2-8-16-23)21-27(24-17-9-3-10-18-24)25-19-11-4-12-20-25;1-2-11-7-8-15-13(9-11)10-12-5-3-4-6-14(12)15;1-2-10-7-8-14-12(9-10)11-5-3-4-6-13(11)15-14;;/h1-20H,21H2;3-9H,10H2;3-9H;;/q;2*-1;2*+1/p+2. The first-order valence-corrected chi connectivity index (χ1v) is 22.5. The van der Waals surface area contributed by atoms with Crippen molar-refractivity contribution in [1.29, 1.82) is 0 Å². The Bertz CT molecular complexity index is 2670. The Balaban J connectivity index is 0.000000156. The molecule has 9 aromatic rings. The van der Waals surface area contributed by atoms with E-state index in [1.807, 2.05) is 48.5 Å². The average molecular weight is 1160 g/mol. The molecule has 0 saturated heterocycles. The third-order valence-corrected chi connectivity index (χ3v) is 17.3. The van der Waals surface area contributed by atoms with E-state index in [2.05, 4.69) is 170 Å². The second-order valence-corrected chi connectivity index (χ2v) is 19.5. The van der Waals surface area contributed by atoms with Gasteiger partial charge in [-0.25, -0.2) is 0 Å². The van der Waals surface area contributed by atoms with Crippen LogP contribution in [0, 0.1) is 24.7 Å². The van der Waals surface area contributed by atoms with Crippen molar-refractivity contribution in [2.75, 3.05) is 5.90 Å². The van der Waals surface area contributed by atoms with Crippen molar-refractivity contribution in [3.8, 4) is 23.0 Å². The molecule has 1 heterocycles. The molecule has 8 aromatic carbocycles. The molecule has 0 N–H and O–H groups in total. The molecule has 10 rings (SSSR count). The maximum atomic E-state index is 7.12. The van der Waals surface area contributed by atoms with Gasteiger partial charge in [0.2, 0.25) is 0 Å². The second kappa shape index (κ2) is 21.3. The van der Waals surface area contributed by atoms with Gasteiger partial charge in [0.1, 0.15) is 48.2 Å². The van der Waals surface area contributed by atoms with Crippen LogP contribution in [0.2, 0.25) is 0 Å². The minimum Gasteiger partial charge on any atom is -0.456 e. The molecule has 0 atom stereocenters. The predicted octanol–water partition coefficient (Wildman–Crippen LogP) is 11.4. The van der Waals surface area contributed by atoms with Gasteiger partial charge in [0.25, 0.3) is 0 Å². The topological polar surface area (TPSA) is 13.1 Å². The molecule has 0 aliphatic heterocycles. The van der Waals surface area contributed by atoms with Crippen molar-refractivity contribution >= 4 is 59.0 Å². The second-order valence-electron chi connectivity index (χ2n) is 13.9. The predicted molar refractivity (Wildman–Crippen MR) is 247 cm³/mol. The summed E-state index contributed by atoms with van der Waals surface area (Å²) >= 11 is 0. The van der Waals surface area contributed by atoms with Crippen LogP contribution in [0.15, 0.2) is 211 Å². The summed E-state index contributed by atoms with van der Waals surface area (Å²) in [7, 11) is -1.69. The Morgan fingerprint density at radius 2 is 0.831 bits per heavy atom. The molecule has 5 heteroatoms. The van der Waals surface area contributed by atoms with E-state index < -0.39 is 15.8 Å². The van der Waals surface area contributed by atoms with Gasteiger partial charge < -0.3 is 17.3 Å². The van der Waals surface area contributed by atoms with E-state index in [1.165, 1.54) is 49.4 Å². The zero-order chi connectivity index (χ0) is 38.8. The van der Waals surface area contributed by atoms with E-state index in [-0.39, 0.29) is 44.8 Å². The summed E-state index contributed by atoms with van der Waals surface area (Å²) in [4.78, 5) is 0. The zero-order valence-corrected chi connectivity index (χ0v) is 38.4. The van der Waals surface area contributed by atoms with Crippen molar-refractivity contribution in [3.63, 3.8) is 0 Å². The molecule has 0 saturated carbocycles. The smallest absolute Gasteiger partial charge is 0.456 e. The normalized spacial score (nSPS) is 10.7. The van der Waals surface area contributed by atoms with Gasteiger partial charge in [-0.3, -0.25) is 11.8 Å². The summed E-state index contributed by atoms with van der Waals surface area (Å²) < 4.78 is 5.66. The molecule has 292 valence electrons. The first-order valence-electron chi connectivity index (χ1n) is 19.1. The summed E-state index contributed by atoms with van der Waals surface area (Å²) in [5.74, 6) is 6.06. The molecular formula is C54H40Au2OP2+2. The van der Waals surface area contributed by atoms with E-state index in [9.17, 15) is 0 Å². The number of rotatable bonds is 6. The van der Waals surface area contributed by atoms with Crippen LogP contribution in [-0.4, -0.2) is 5.90 Å². The van der Waals surface area contributed by atoms with Crippen molar-refractivity contribution in [2.24, 2.45) is 0 Å². The summed E-state index contributed by atoms with van der Waals surface area (Å²) in [6.07, 6.45) is 15.2. The largest absolute Gasteiger partial charge is 1.00 e. The minimum absolute atomic E-state index is 0. The van der Waals surface area contributed by atoms with E-state index in [0.717, 1.165) is 39.5 Å². The van der Waals surface area contributed by atoms with Crippen LogP contribution >= 0.6 is 15.8 Å².